The first-order valence-corrected chi connectivity index (χ1v) is 4.35. The van der Waals surface area contributed by atoms with Crippen molar-refractivity contribution in [2.24, 2.45) is 0 Å². The Morgan fingerprint density at radius 2 is 2.33 bits per heavy atom. The second kappa shape index (κ2) is 5.14. The summed E-state index contributed by atoms with van der Waals surface area (Å²) in [4.78, 5) is 10.2. The summed E-state index contributed by atoms with van der Waals surface area (Å²) in [6.45, 7) is 0. The predicted molar refractivity (Wildman–Crippen MR) is 54.2 cm³/mol. The van der Waals surface area contributed by atoms with E-state index in [-0.39, 0.29) is 12.2 Å². The molecule has 0 aliphatic carbocycles. The minimum atomic E-state index is -0.916. The van der Waals surface area contributed by atoms with E-state index in [1.54, 1.807) is 12.1 Å². The molecule has 0 aliphatic rings. The van der Waals surface area contributed by atoms with Gasteiger partial charge in [0.05, 0.1) is 13.5 Å². The summed E-state index contributed by atoms with van der Waals surface area (Å²) in [7, 11) is 1.39. The molecular weight excluding hydrogens is 199 g/mol. The fourth-order valence-electron chi connectivity index (χ4n) is 1.08. The third kappa shape index (κ3) is 3.42. The molecule has 0 atom stereocenters. The van der Waals surface area contributed by atoms with Crippen LogP contribution in [-0.2, 0) is 4.79 Å². The van der Waals surface area contributed by atoms with Gasteiger partial charge in [-0.15, -0.1) is 0 Å². The average molecular weight is 210 g/mol. The van der Waals surface area contributed by atoms with Crippen LogP contribution >= 0.6 is 0 Å². The molecule has 0 saturated heterocycles. The molecule has 0 fully saturated rings. The number of methoxy groups -OCH3 is 1. The smallest absolute Gasteiger partial charge is 0.307 e. The van der Waals surface area contributed by atoms with Crippen LogP contribution in [0.25, 0.3) is 6.08 Å². The second-order valence-corrected chi connectivity index (χ2v) is 2.89. The number of benzene rings is 1. The monoisotopic (exact) mass is 210 g/mol. The maximum atomic E-state index is 13.2. The highest BCUT2D eigenvalue weighted by atomic mass is 19.1. The van der Waals surface area contributed by atoms with Crippen LogP contribution in [0.3, 0.4) is 0 Å². The van der Waals surface area contributed by atoms with Gasteiger partial charge in [0.25, 0.3) is 0 Å². The molecule has 0 spiro atoms. The summed E-state index contributed by atoms with van der Waals surface area (Å²) >= 11 is 0. The molecule has 0 saturated carbocycles. The number of carboxylic acid groups (broad SMARTS) is 1. The van der Waals surface area contributed by atoms with Crippen molar-refractivity contribution < 1.29 is 19.0 Å². The number of halogens is 1. The van der Waals surface area contributed by atoms with E-state index in [1.165, 1.54) is 25.3 Å². The van der Waals surface area contributed by atoms with Crippen LogP contribution in [0.5, 0.6) is 5.75 Å². The Balaban J connectivity index is 2.75. The lowest BCUT2D eigenvalue weighted by Crippen LogP contribution is -1.90. The van der Waals surface area contributed by atoms with E-state index in [2.05, 4.69) is 0 Å². The third-order valence-electron chi connectivity index (χ3n) is 1.78. The van der Waals surface area contributed by atoms with Crippen molar-refractivity contribution in [3.63, 3.8) is 0 Å². The Hall–Kier alpha value is -1.84. The van der Waals surface area contributed by atoms with Gasteiger partial charge in [-0.3, -0.25) is 4.79 Å². The molecule has 1 aromatic rings. The number of ether oxygens (including phenoxy) is 1. The van der Waals surface area contributed by atoms with Crippen molar-refractivity contribution in [2.45, 2.75) is 6.42 Å². The van der Waals surface area contributed by atoms with Gasteiger partial charge in [-0.1, -0.05) is 18.2 Å². The van der Waals surface area contributed by atoms with E-state index < -0.39 is 11.8 Å². The minimum Gasteiger partial charge on any atom is -0.494 e. The molecule has 0 radical (unpaired) electrons. The molecule has 0 aromatic heterocycles. The second-order valence-electron chi connectivity index (χ2n) is 2.89. The van der Waals surface area contributed by atoms with Crippen LogP contribution in [0.15, 0.2) is 24.3 Å². The third-order valence-corrected chi connectivity index (χ3v) is 1.78. The highest BCUT2D eigenvalue weighted by molar-refractivity contribution is 5.70. The summed E-state index contributed by atoms with van der Waals surface area (Å²) in [5.41, 5.74) is 0.606. The van der Waals surface area contributed by atoms with Gasteiger partial charge >= 0.3 is 5.97 Å². The first kappa shape index (κ1) is 11.2. The Kier molecular flexibility index (Phi) is 3.85. The quantitative estimate of drug-likeness (QED) is 0.829. The Bertz CT molecular complexity index is 385. The zero-order valence-corrected chi connectivity index (χ0v) is 8.24. The van der Waals surface area contributed by atoms with Gasteiger partial charge < -0.3 is 9.84 Å². The van der Waals surface area contributed by atoms with Crippen LogP contribution < -0.4 is 4.74 Å². The molecule has 0 amide bonds. The molecule has 1 N–H and O–H groups in total. The van der Waals surface area contributed by atoms with Gasteiger partial charge in [-0.2, -0.15) is 0 Å². The summed E-state index contributed by atoms with van der Waals surface area (Å²) in [5, 5.41) is 8.38. The standard InChI is InChI=1S/C11H11FO3/c1-15-10-6-5-8(7-9(10)12)3-2-4-11(13)14/h2-3,5-7H,4H2,1H3,(H,13,14). The van der Waals surface area contributed by atoms with Crippen molar-refractivity contribution in [3.8, 4) is 5.75 Å². The number of rotatable bonds is 4. The lowest BCUT2D eigenvalue weighted by Gasteiger charge is -2.01. The molecule has 0 unspecified atom stereocenters. The van der Waals surface area contributed by atoms with E-state index in [9.17, 15) is 9.18 Å². The summed E-state index contributed by atoms with van der Waals surface area (Å²) in [5.74, 6) is -1.21. The van der Waals surface area contributed by atoms with Crippen molar-refractivity contribution in [1.82, 2.24) is 0 Å². The van der Waals surface area contributed by atoms with Crippen LogP contribution in [-0.4, -0.2) is 18.2 Å². The van der Waals surface area contributed by atoms with E-state index in [0.29, 0.717) is 5.56 Å². The van der Waals surface area contributed by atoms with Crippen LogP contribution in [0.4, 0.5) is 4.39 Å². The minimum absolute atomic E-state index is 0.0757. The highest BCUT2D eigenvalue weighted by Gasteiger charge is 2.01. The van der Waals surface area contributed by atoms with Gasteiger partial charge in [0.2, 0.25) is 0 Å². The average Bonchev–Trinajstić information content (AvgIpc) is 2.17. The predicted octanol–water partition coefficient (Wildman–Crippen LogP) is 2.32. The summed E-state index contributed by atoms with van der Waals surface area (Å²) in [6, 6.07) is 4.44. The fourth-order valence-corrected chi connectivity index (χ4v) is 1.08. The first-order valence-electron chi connectivity index (χ1n) is 4.35. The molecule has 15 heavy (non-hydrogen) atoms. The van der Waals surface area contributed by atoms with E-state index in [0.717, 1.165) is 0 Å². The zero-order chi connectivity index (χ0) is 11.3. The maximum Gasteiger partial charge on any atom is 0.307 e. The van der Waals surface area contributed by atoms with Gasteiger partial charge in [0, 0.05) is 0 Å². The highest BCUT2D eigenvalue weighted by Crippen LogP contribution is 2.18. The lowest BCUT2D eigenvalue weighted by atomic mass is 10.2. The Morgan fingerprint density at radius 1 is 1.60 bits per heavy atom. The largest absolute Gasteiger partial charge is 0.494 e. The van der Waals surface area contributed by atoms with E-state index >= 15 is 0 Å². The zero-order valence-electron chi connectivity index (χ0n) is 8.24. The fraction of sp³-hybridized carbons (Fsp3) is 0.182. The van der Waals surface area contributed by atoms with Crippen molar-refractivity contribution in [2.75, 3.05) is 7.11 Å². The SMILES string of the molecule is COc1ccc(C=CCC(=O)O)cc1F. The van der Waals surface area contributed by atoms with Crippen molar-refractivity contribution >= 4 is 12.0 Å². The van der Waals surface area contributed by atoms with E-state index in [1.807, 2.05) is 0 Å². The molecule has 1 aromatic carbocycles. The molecule has 1 rings (SSSR count). The molecule has 4 heteroatoms. The number of hydrogen-bond donors (Lipinski definition) is 1. The molecule has 3 nitrogen and oxygen atoms in total. The lowest BCUT2D eigenvalue weighted by molar-refractivity contribution is -0.135. The van der Waals surface area contributed by atoms with Crippen LogP contribution in [0.1, 0.15) is 12.0 Å². The number of carboxylic acids is 1. The Morgan fingerprint density at radius 3 is 2.87 bits per heavy atom. The number of carbonyl (C=O) groups is 1. The molecular formula is C11H11FO3. The maximum absolute atomic E-state index is 13.2. The first-order chi connectivity index (χ1) is 7.13. The van der Waals surface area contributed by atoms with Gasteiger partial charge in [0.1, 0.15) is 0 Å². The van der Waals surface area contributed by atoms with Crippen LogP contribution in [0, 0.1) is 5.82 Å². The van der Waals surface area contributed by atoms with Crippen molar-refractivity contribution in [1.29, 1.82) is 0 Å². The van der Waals surface area contributed by atoms with Crippen LogP contribution in [0.2, 0.25) is 0 Å². The van der Waals surface area contributed by atoms with E-state index in [4.69, 9.17) is 9.84 Å². The molecule has 0 aliphatic heterocycles. The molecule has 80 valence electrons. The topological polar surface area (TPSA) is 46.5 Å². The van der Waals surface area contributed by atoms with Crippen molar-refractivity contribution in [3.05, 3.63) is 35.7 Å². The van der Waals surface area contributed by atoms with Gasteiger partial charge in [-0.05, 0) is 17.7 Å². The molecule has 0 bridgehead atoms. The number of hydrogen-bond acceptors (Lipinski definition) is 2. The summed E-state index contributed by atoms with van der Waals surface area (Å²) < 4.78 is 17.9. The normalized spacial score (nSPS) is 10.5. The van der Waals surface area contributed by atoms with Gasteiger partial charge in [-0.25, -0.2) is 4.39 Å². The summed E-state index contributed by atoms with van der Waals surface area (Å²) in [6.07, 6.45) is 2.94. The van der Waals surface area contributed by atoms with Gasteiger partial charge in [0.15, 0.2) is 11.6 Å². The Labute approximate surface area is 86.8 Å². The molecule has 0 heterocycles. The number of aliphatic carboxylic acids is 1.